The molecule has 0 aliphatic heterocycles. The van der Waals surface area contributed by atoms with Crippen LogP contribution < -0.4 is 14.9 Å². The lowest BCUT2D eigenvalue weighted by Gasteiger charge is -2.07. The fraction of sp³-hybridized carbons (Fsp3) is 0.150. The number of para-hydroxylation sites is 2. The van der Waals surface area contributed by atoms with Crippen LogP contribution in [0.2, 0.25) is 0 Å². The van der Waals surface area contributed by atoms with Gasteiger partial charge in [0.2, 0.25) is 0 Å². The van der Waals surface area contributed by atoms with Crippen molar-refractivity contribution in [1.29, 1.82) is 0 Å². The summed E-state index contributed by atoms with van der Waals surface area (Å²) < 4.78 is 10.6. The summed E-state index contributed by atoms with van der Waals surface area (Å²) in [5.41, 5.74) is 4.40. The van der Waals surface area contributed by atoms with Crippen molar-refractivity contribution in [3.8, 4) is 28.5 Å². The maximum atomic E-state index is 12.3. The quantitative estimate of drug-likeness (QED) is 0.431. The van der Waals surface area contributed by atoms with Gasteiger partial charge in [0.25, 0.3) is 5.91 Å². The van der Waals surface area contributed by atoms with Crippen LogP contribution >= 0.6 is 0 Å². The second kappa shape index (κ2) is 8.72. The number of hydrogen-bond acceptors (Lipinski definition) is 6. The average Bonchev–Trinajstić information content (AvgIpc) is 3.21. The second-order valence-corrected chi connectivity index (χ2v) is 5.69. The largest absolute Gasteiger partial charge is 0.504 e. The molecule has 0 saturated carbocycles. The first kappa shape index (κ1) is 19.0. The van der Waals surface area contributed by atoms with Gasteiger partial charge in [-0.2, -0.15) is 10.2 Å². The first-order valence-electron chi connectivity index (χ1n) is 8.61. The van der Waals surface area contributed by atoms with Crippen molar-refractivity contribution in [2.75, 3.05) is 13.7 Å². The average molecular weight is 380 g/mol. The second-order valence-electron chi connectivity index (χ2n) is 5.69. The number of aromatic hydroxyl groups is 1. The zero-order chi connectivity index (χ0) is 19.9. The number of amides is 1. The van der Waals surface area contributed by atoms with E-state index in [4.69, 9.17) is 9.47 Å². The highest BCUT2D eigenvalue weighted by Crippen LogP contribution is 2.29. The lowest BCUT2D eigenvalue weighted by atomic mass is 10.1. The predicted molar refractivity (Wildman–Crippen MR) is 105 cm³/mol. The van der Waals surface area contributed by atoms with Gasteiger partial charge in [0.1, 0.15) is 11.4 Å². The third-order valence-electron chi connectivity index (χ3n) is 3.91. The maximum Gasteiger partial charge on any atom is 0.289 e. The van der Waals surface area contributed by atoms with E-state index in [2.05, 4.69) is 20.7 Å². The van der Waals surface area contributed by atoms with Crippen LogP contribution in [0.25, 0.3) is 11.3 Å². The molecule has 0 saturated heterocycles. The monoisotopic (exact) mass is 380 g/mol. The van der Waals surface area contributed by atoms with Crippen LogP contribution in [-0.2, 0) is 0 Å². The number of aromatic nitrogens is 2. The first-order valence-corrected chi connectivity index (χ1v) is 8.61. The van der Waals surface area contributed by atoms with E-state index >= 15 is 0 Å². The molecule has 0 fully saturated rings. The summed E-state index contributed by atoms with van der Waals surface area (Å²) in [7, 11) is 1.57. The van der Waals surface area contributed by atoms with Gasteiger partial charge in [0.05, 0.1) is 25.6 Å². The number of methoxy groups -OCH3 is 1. The van der Waals surface area contributed by atoms with Gasteiger partial charge >= 0.3 is 0 Å². The maximum absolute atomic E-state index is 12.3. The Hall–Kier alpha value is -3.81. The summed E-state index contributed by atoms with van der Waals surface area (Å²) in [6.07, 6.45) is 1.34. The number of phenols is 1. The molecule has 8 heteroatoms. The minimum absolute atomic E-state index is 0.0395. The number of carbonyl (C=O) groups excluding carboxylic acids is 1. The zero-order valence-electron chi connectivity index (χ0n) is 15.5. The fourth-order valence-corrected chi connectivity index (χ4v) is 2.57. The van der Waals surface area contributed by atoms with E-state index in [1.54, 1.807) is 31.4 Å². The highest BCUT2D eigenvalue weighted by molar-refractivity contribution is 5.94. The Kier molecular flexibility index (Phi) is 5.91. The van der Waals surface area contributed by atoms with Crippen LogP contribution in [0.3, 0.4) is 0 Å². The van der Waals surface area contributed by atoms with Crippen LogP contribution in [0.15, 0.2) is 53.6 Å². The fourth-order valence-electron chi connectivity index (χ4n) is 2.57. The summed E-state index contributed by atoms with van der Waals surface area (Å²) in [5, 5.41) is 20.8. The van der Waals surface area contributed by atoms with Crippen molar-refractivity contribution >= 4 is 12.1 Å². The lowest BCUT2D eigenvalue weighted by molar-refractivity contribution is 0.0950. The molecule has 3 aromatic rings. The third kappa shape index (κ3) is 4.12. The van der Waals surface area contributed by atoms with Crippen molar-refractivity contribution < 1.29 is 19.4 Å². The molecular weight excluding hydrogens is 360 g/mol. The Bertz CT molecular complexity index is 997. The molecule has 144 valence electrons. The molecule has 0 bridgehead atoms. The molecule has 0 spiro atoms. The van der Waals surface area contributed by atoms with Gasteiger partial charge in [0, 0.05) is 11.1 Å². The highest BCUT2D eigenvalue weighted by Gasteiger charge is 2.13. The predicted octanol–water partition coefficient (Wildman–Crippen LogP) is 2.95. The number of hydrogen-bond donors (Lipinski definition) is 3. The molecule has 0 aliphatic rings. The molecule has 3 rings (SSSR count). The molecular formula is C20H20N4O4. The van der Waals surface area contributed by atoms with Crippen molar-refractivity contribution in [2.24, 2.45) is 5.10 Å². The van der Waals surface area contributed by atoms with Gasteiger partial charge in [-0.3, -0.25) is 9.89 Å². The molecule has 28 heavy (non-hydrogen) atoms. The molecule has 8 nitrogen and oxygen atoms in total. The molecule has 1 heterocycles. The number of H-pyrrole nitrogens is 1. The topological polar surface area (TPSA) is 109 Å². The minimum Gasteiger partial charge on any atom is -0.504 e. The van der Waals surface area contributed by atoms with Crippen LogP contribution in [0.5, 0.6) is 17.2 Å². The number of aromatic amines is 1. The van der Waals surface area contributed by atoms with Crippen LogP contribution in [0.1, 0.15) is 23.0 Å². The Balaban J connectivity index is 1.70. The number of carbonyl (C=O) groups is 1. The summed E-state index contributed by atoms with van der Waals surface area (Å²) in [4.78, 5) is 12.3. The molecule has 0 unspecified atom stereocenters. The van der Waals surface area contributed by atoms with E-state index in [0.717, 1.165) is 5.56 Å². The number of nitrogens with one attached hydrogen (secondary N) is 2. The molecule has 0 aliphatic carbocycles. The van der Waals surface area contributed by atoms with Gasteiger partial charge in [-0.1, -0.05) is 18.2 Å². The number of nitrogens with zero attached hydrogens (tertiary/aromatic N) is 2. The van der Waals surface area contributed by atoms with E-state index in [1.165, 1.54) is 6.21 Å². The normalized spacial score (nSPS) is 10.8. The smallest absolute Gasteiger partial charge is 0.289 e. The summed E-state index contributed by atoms with van der Waals surface area (Å²) in [6, 6.07) is 14.0. The van der Waals surface area contributed by atoms with Crippen LogP contribution in [0, 0.1) is 0 Å². The third-order valence-corrected chi connectivity index (χ3v) is 3.91. The Morgan fingerprint density at radius 2 is 2.04 bits per heavy atom. The van der Waals surface area contributed by atoms with Gasteiger partial charge < -0.3 is 14.6 Å². The molecule has 0 radical (unpaired) electrons. The van der Waals surface area contributed by atoms with E-state index in [9.17, 15) is 9.90 Å². The molecule has 2 aromatic carbocycles. The molecule has 1 amide bonds. The molecule has 3 N–H and O–H groups in total. The standard InChI is InChI=1S/C20H20N4O4/c1-3-28-18-10-6-7-13(19(18)25)12-21-24-20(26)16-11-15(22-23-16)14-8-4-5-9-17(14)27-2/h4-12,25H,3H2,1-2H3,(H,22,23)(H,24,26). The van der Waals surface area contributed by atoms with E-state index in [0.29, 0.717) is 29.4 Å². The first-order chi connectivity index (χ1) is 13.6. The molecule has 0 atom stereocenters. The Labute approximate surface area is 161 Å². The summed E-state index contributed by atoms with van der Waals surface area (Å²) in [5.74, 6) is 0.504. The van der Waals surface area contributed by atoms with Crippen molar-refractivity contribution in [2.45, 2.75) is 6.92 Å². The van der Waals surface area contributed by atoms with E-state index < -0.39 is 5.91 Å². The highest BCUT2D eigenvalue weighted by atomic mass is 16.5. The van der Waals surface area contributed by atoms with Gasteiger partial charge in [-0.15, -0.1) is 0 Å². The molecule has 1 aromatic heterocycles. The number of hydrazone groups is 1. The summed E-state index contributed by atoms with van der Waals surface area (Å²) >= 11 is 0. The lowest BCUT2D eigenvalue weighted by Crippen LogP contribution is -2.18. The summed E-state index contributed by atoms with van der Waals surface area (Å²) in [6.45, 7) is 2.25. The number of phenolic OH excluding ortho intramolecular Hbond substituents is 1. The van der Waals surface area contributed by atoms with Gasteiger partial charge in [0.15, 0.2) is 11.5 Å². The van der Waals surface area contributed by atoms with E-state index in [1.807, 2.05) is 31.2 Å². The Morgan fingerprint density at radius 1 is 1.25 bits per heavy atom. The SMILES string of the molecule is CCOc1cccc(C=NNC(=O)c2cc(-c3ccccc3OC)n[nH]2)c1O. The van der Waals surface area contributed by atoms with Crippen molar-refractivity contribution in [1.82, 2.24) is 15.6 Å². The minimum atomic E-state index is -0.467. The number of rotatable bonds is 7. The Morgan fingerprint density at radius 3 is 2.82 bits per heavy atom. The van der Waals surface area contributed by atoms with Gasteiger partial charge in [-0.25, -0.2) is 5.43 Å². The number of ether oxygens (including phenoxy) is 2. The van der Waals surface area contributed by atoms with Crippen molar-refractivity contribution in [3.63, 3.8) is 0 Å². The number of benzene rings is 2. The van der Waals surface area contributed by atoms with E-state index in [-0.39, 0.29) is 11.4 Å². The van der Waals surface area contributed by atoms with Crippen LogP contribution in [0.4, 0.5) is 0 Å². The van der Waals surface area contributed by atoms with Crippen molar-refractivity contribution in [3.05, 3.63) is 59.8 Å². The zero-order valence-corrected chi connectivity index (χ0v) is 15.5. The van der Waals surface area contributed by atoms with Crippen LogP contribution in [-0.4, -0.2) is 41.1 Å². The van der Waals surface area contributed by atoms with Gasteiger partial charge in [-0.05, 0) is 37.3 Å².